The lowest BCUT2D eigenvalue weighted by molar-refractivity contribution is -0.139. The van der Waals surface area contributed by atoms with Gasteiger partial charge in [-0.05, 0) is 36.4 Å². The minimum atomic E-state index is -0.499. The second-order valence-corrected chi connectivity index (χ2v) is 6.53. The summed E-state index contributed by atoms with van der Waals surface area (Å²) in [6.07, 6.45) is 2.93. The van der Waals surface area contributed by atoms with Gasteiger partial charge in [0, 0.05) is 22.6 Å². The molecule has 3 rings (SSSR count). The van der Waals surface area contributed by atoms with Crippen LogP contribution < -0.4 is 9.47 Å². The molecule has 0 radical (unpaired) electrons. The summed E-state index contributed by atoms with van der Waals surface area (Å²) in [5, 5.41) is 2.54. The summed E-state index contributed by atoms with van der Waals surface area (Å²) in [5.74, 6) is 0.321. The SMILES string of the molecule is COc1cccc(/C=C/C(=O)OCc2csc(-c3ccc(F)cc3)n2)c1OC. The lowest BCUT2D eigenvalue weighted by Gasteiger charge is -2.09. The van der Waals surface area contributed by atoms with E-state index >= 15 is 0 Å². The quantitative estimate of drug-likeness (QED) is 0.425. The van der Waals surface area contributed by atoms with Crippen molar-refractivity contribution in [2.45, 2.75) is 6.61 Å². The predicted molar refractivity (Wildman–Crippen MR) is 106 cm³/mol. The van der Waals surface area contributed by atoms with Gasteiger partial charge in [-0.1, -0.05) is 12.1 Å². The zero-order chi connectivity index (χ0) is 19.9. The fourth-order valence-corrected chi connectivity index (χ4v) is 3.30. The van der Waals surface area contributed by atoms with Crippen LogP contribution in [0.3, 0.4) is 0 Å². The number of benzene rings is 2. The number of rotatable bonds is 7. The Bertz CT molecular complexity index is 982. The topological polar surface area (TPSA) is 57.7 Å². The molecule has 2 aromatic carbocycles. The maximum absolute atomic E-state index is 13.0. The number of carbonyl (C=O) groups excluding carboxylic acids is 1. The summed E-state index contributed by atoms with van der Waals surface area (Å²) in [6, 6.07) is 11.5. The number of hydrogen-bond acceptors (Lipinski definition) is 6. The molecule has 3 aromatic rings. The lowest BCUT2D eigenvalue weighted by Crippen LogP contribution is -2.01. The number of ether oxygens (including phenoxy) is 3. The van der Waals surface area contributed by atoms with Crippen molar-refractivity contribution in [3.05, 3.63) is 71.0 Å². The lowest BCUT2D eigenvalue weighted by atomic mass is 10.1. The van der Waals surface area contributed by atoms with Crippen molar-refractivity contribution in [1.82, 2.24) is 4.98 Å². The number of nitrogens with zero attached hydrogens (tertiary/aromatic N) is 1. The van der Waals surface area contributed by atoms with E-state index in [1.165, 1.54) is 36.7 Å². The average Bonchev–Trinajstić information content (AvgIpc) is 3.19. The van der Waals surface area contributed by atoms with Crippen molar-refractivity contribution < 1.29 is 23.4 Å². The molecule has 28 heavy (non-hydrogen) atoms. The smallest absolute Gasteiger partial charge is 0.331 e. The van der Waals surface area contributed by atoms with Crippen LogP contribution in [0.2, 0.25) is 0 Å². The Kier molecular flexibility index (Phi) is 6.39. The van der Waals surface area contributed by atoms with Crippen molar-refractivity contribution in [2.24, 2.45) is 0 Å². The fourth-order valence-electron chi connectivity index (χ4n) is 2.49. The highest BCUT2D eigenvalue weighted by Crippen LogP contribution is 2.31. The van der Waals surface area contributed by atoms with E-state index < -0.39 is 5.97 Å². The van der Waals surface area contributed by atoms with Gasteiger partial charge in [-0.2, -0.15) is 0 Å². The van der Waals surface area contributed by atoms with Crippen molar-refractivity contribution in [1.29, 1.82) is 0 Å². The number of thiazole rings is 1. The van der Waals surface area contributed by atoms with E-state index in [0.717, 1.165) is 10.6 Å². The highest BCUT2D eigenvalue weighted by molar-refractivity contribution is 7.13. The Morgan fingerprint density at radius 2 is 1.93 bits per heavy atom. The van der Waals surface area contributed by atoms with Crippen LogP contribution in [0.4, 0.5) is 4.39 Å². The molecule has 0 saturated carbocycles. The van der Waals surface area contributed by atoms with Crippen LogP contribution in [0.1, 0.15) is 11.3 Å². The first-order valence-electron chi connectivity index (χ1n) is 8.37. The fraction of sp³-hybridized carbons (Fsp3) is 0.143. The molecule has 1 heterocycles. The maximum Gasteiger partial charge on any atom is 0.331 e. The van der Waals surface area contributed by atoms with E-state index in [4.69, 9.17) is 14.2 Å². The van der Waals surface area contributed by atoms with Crippen molar-refractivity contribution in [3.8, 4) is 22.1 Å². The van der Waals surface area contributed by atoms with Crippen LogP contribution in [-0.4, -0.2) is 25.2 Å². The molecular weight excluding hydrogens is 381 g/mol. The number of esters is 1. The van der Waals surface area contributed by atoms with Gasteiger partial charge in [-0.15, -0.1) is 11.3 Å². The molecular formula is C21H18FNO4S. The molecule has 0 aliphatic carbocycles. The monoisotopic (exact) mass is 399 g/mol. The second-order valence-electron chi connectivity index (χ2n) is 5.67. The largest absolute Gasteiger partial charge is 0.493 e. The van der Waals surface area contributed by atoms with Gasteiger partial charge in [-0.3, -0.25) is 0 Å². The van der Waals surface area contributed by atoms with E-state index in [9.17, 15) is 9.18 Å². The van der Waals surface area contributed by atoms with Crippen LogP contribution >= 0.6 is 11.3 Å². The Labute approximate surface area is 166 Å². The van der Waals surface area contributed by atoms with Gasteiger partial charge in [0.25, 0.3) is 0 Å². The summed E-state index contributed by atoms with van der Waals surface area (Å²) in [4.78, 5) is 16.4. The molecule has 0 spiro atoms. The highest BCUT2D eigenvalue weighted by atomic mass is 32.1. The molecule has 144 valence electrons. The number of para-hydroxylation sites is 1. The van der Waals surface area contributed by atoms with Gasteiger partial charge >= 0.3 is 5.97 Å². The zero-order valence-electron chi connectivity index (χ0n) is 15.3. The normalized spacial score (nSPS) is 10.8. The summed E-state index contributed by atoms with van der Waals surface area (Å²) >= 11 is 1.41. The van der Waals surface area contributed by atoms with E-state index in [2.05, 4.69) is 4.98 Å². The minimum absolute atomic E-state index is 0.0517. The molecule has 1 aromatic heterocycles. The van der Waals surface area contributed by atoms with E-state index in [1.807, 2.05) is 0 Å². The molecule has 0 atom stereocenters. The van der Waals surface area contributed by atoms with Crippen molar-refractivity contribution in [3.63, 3.8) is 0 Å². The standard InChI is InChI=1S/C21H18FNO4S/c1-25-18-5-3-4-14(20(18)26-2)8-11-19(24)27-12-17-13-28-21(23-17)15-6-9-16(22)10-7-15/h3-11,13H,12H2,1-2H3/b11-8+. The van der Waals surface area contributed by atoms with Crippen LogP contribution in [0, 0.1) is 5.82 Å². The molecule has 0 N–H and O–H groups in total. The summed E-state index contributed by atoms with van der Waals surface area (Å²) in [7, 11) is 3.09. The Hall–Kier alpha value is -3.19. The number of aromatic nitrogens is 1. The van der Waals surface area contributed by atoms with E-state index in [-0.39, 0.29) is 12.4 Å². The number of halogens is 1. The number of hydrogen-bond donors (Lipinski definition) is 0. The Morgan fingerprint density at radius 1 is 1.14 bits per heavy atom. The zero-order valence-corrected chi connectivity index (χ0v) is 16.2. The molecule has 0 saturated heterocycles. The third-order valence-electron chi connectivity index (χ3n) is 3.84. The number of methoxy groups -OCH3 is 2. The number of carbonyl (C=O) groups is 1. The highest BCUT2D eigenvalue weighted by Gasteiger charge is 2.09. The average molecular weight is 399 g/mol. The van der Waals surface area contributed by atoms with Gasteiger partial charge in [-0.25, -0.2) is 14.2 Å². The van der Waals surface area contributed by atoms with Crippen LogP contribution in [0.15, 0.2) is 53.9 Å². The Morgan fingerprint density at radius 3 is 2.64 bits per heavy atom. The minimum Gasteiger partial charge on any atom is -0.493 e. The summed E-state index contributed by atoms with van der Waals surface area (Å²) in [6.45, 7) is 0.0517. The van der Waals surface area contributed by atoms with Gasteiger partial charge in [0.15, 0.2) is 11.5 Å². The predicted octanol–water partition coefficient (Wildman–Crippen LogP) is 4.72. The Balaban J connectivity index is 1.61. The van der Waals surface area contributed by atoms with Gasteiger partial charge in [0.1, 0.15) is 17.4 Å². The molecule has 0 fully saturated rings. The van der Waals surface area contributed by atoms with Gasteiger partial charge in [0.2, 0.25) is 0 Å². The van der Waals surface area contributed by atoms with Crippen molar-refractivity contribution >= 4 is 23.4 Å². The first kappa shape index (κ1) is 19.6. The van der Waals surface area contributed by atoms with Crippen LogP contribution in [0.5, 0.6) is 11.5 Å². The van der Waals surface area contributed by atoms with Crippen LogP contribution in [-0.2, 0) is 16.1 Å². The second kappa shape index (κ2) is 9.14. The molecule has 0 aliphatic rings. The van der Waals surface area contributed by atoms with Gasteiger partial charge < -0.3 is 14.2 Å². The third-order valence-corrected chi connectivity index (χ3v) is 4.78. The van der Waals surface area contributed by atoms with E-state index in [0.29, 0.717) is 22.8 Å². The molecule has 5 nitrogen and oxygen atoms in total. The molecule has 0 unspecified atom stereocenters. The first-order valence-corrected chi connectivity index (χ1v) is 9.25. The molecule has 7 heteroatoms. The van der Waals surface area contributed by atoms with Gasteiger partial charge in [0.05, 0.1) is 19.9 Å². The van der Waals surface area contributed by atoms with Crippen molar-refractivity contribution in [2.75, 3.05) is 14.2 Å². The van der Waals surface area contributed by atoms with Crippen LogP contribution in [0.25, 0.3) is 16.6 Å². The molecule has 0 bridgehead atoms. The summed E-state index contributed by atoms with van der Waals surface area (Å²) < 4.78 is 28.8. The maximum atomic E-state index is 13.0. The first-order chi connectivity index (χ1) is 13.6. The third kappa shape index (κ3) is 4.75. The molecule has 0 aliphatic heterocycles. The molecule has 0 amide bonds. The summed E-state index contributed by atoms with van der Waals surface area (Å²) in [5.41, 5.74) is 2.14. The van der Waals surface area contributed by atoms with E-state index in [1.54, 1.807) is 48.9 Å².